The number of nitrogens with one attached hydrogen (secondary N) is 1. The summed E-state index contributed by atoms with van der Waals surface area (Å²) < 4.78 is 6.28. The van der Waals surface area contributed by atoms with Crippen LogP contribution in [0.4, 0.5) is 11.4 Å². The molecule has 0 spiro atoms. The zero-order chi connectivity index (χ0) is 23.4. The van der Waals surface area contributed by atoms with Crippen LogP contribution in [0, 0.1) is 6.92 Å². The largest absolute Gasteiger partial charge is 0.496 e. The van der Waals surface area contributed by atoms with E-state index in [0.29, 0.717) is 11.3 Å². The van der Waals surface area contributed by atoms with E-state index in [-0.39, 0.29) is 5.91 Å². The smallest absolute Gasteiger partial charge is 0.259 e. The summed E-state index contributed by atoms with van der Waals surface area (Å²) in [6.07, 6.45) is 0. The summed E-state index contributed by atoms with van der Waals surface area (Å²) in [6, 6.07) is 19.7. The molecule has 1 aliphatic rings. The van der Waals surface area contributed by atoms with Crippen LogP contribution in [0.2, 0.25) is 5.02 Å². The third kappa shape index (κ3) is 5.69. The highest BCUT2D eigenvalue weighted by molar-refractivity contribution is 9.10. The summed E-state index contributed by atoms with van der Waals surface area (Å²) in [5.74, 6) is 0.388. The molecule has 0 aliphatic carbocycles. The number of aryl methyl sites for hydroxylation is 1. The molecule has 3 aromatic rings. The van der Waals surface area contributed by atoms with E-state index in [1.54, 1.807) is 13.2 Å². The Morgan fingerprint density at radius 1 is 1.06 bits per heavy atom. The molecule has 172 valence electrons. The van der Waals surface area contributed by atoms with Gasteiger partial charge in [0.15, 0.2) is 0 Å². The van der Waals surface area contributed by atoms with Gasteiger partial charge in [-0.1, -0.05) is 45.7 Å². The number of hydrogen-bond donors (Lipinski definition) is 1. The number of ether oxygens (including phenoxy) is 1. The number of halogens is 2. The second-order valence-corrected chi connectivity index (χ2v) is 9.48. The predicted octanol–water partition coefficient (Wildman–Crippen LogP) is 5.99. The fourth-order valence-electron chi connectivity index (χ4n) is 4.16. The molecular weight excluding hydrogens is 502 g/mol. The first-order valence-corrected chi connectivity index (χ1v) is 12.1. The number of carbonyl (C=O) groups excluding carboxylic acids is 1. The summed E-state index contributed by atoms with van der Waals surface area (Å²) in [7, 11) is 1.58. The molecule has 0 saturated carbocycles. The topological polar surface area (TPSA) is 44.8 Å². The van der Waals surface area contributed by atoms with Gasteiger partial charge in [-0.3, -0.25) is 9.69 Å². The van der Waals surface area contributed by atoms with Crippen LogP contribution < -0.4 is 15.0 Å². The van der Waals surface area contributed by atoms with Crippen molar-refractivity contribution >= 4 is 44.8 Å². The summed E-state index contributed by atoms with van der Waals surface area (Å²) in [5, 5.41) is 3.81. The van der Waals surface area contributed by atoms with Crippen LogP contribution in [0.5, 0.6) is 5.75 Å². The van der Waals surface area contributed by atoms with Crippen molar-refractivity contribution in [1.82, 2.24) is 4.90 Å². The Labute approximate surface area is 208 Å². The van der Waals surface area contributed by atoms with Gasteiger partial charge in [0.05, 0.1) is 12.7 Å². The van der Waals surface area contributed by atoms with E-state index >= 15 is 0 Å². The maximum absolute atomic E-state index is 12.9. The van der Waals surface area contributed by atoms with E-state index in [4.69, 9.17) is 16.3 Å². The summed E-state index contributed by atoms with van der Waals surface area (Å²) >= 11 is 9.77. The molecule has 33 heavy (non-hydrogen) atoms. The molecule has 0 unspecified atom stereocenters. The third-order valence-electron chi connectivity index (χ3n) is 5.90. The molecule has 1 saturated heterocycles. The molecule has 7 heteroatoms. The second-order valence-electron chi connectivity index (χ2n) is 8.16. The number of methoxy groups -OCH3 is 1. The van der Waals surface area contributed by atoms with Crippen molar-refractivity contribution in [3.05, 3.63) is 86.8 Å². The van der Waals surface area contributed by atoms with Crippen LogP contribution in [0.25, 0.3) is 0 Å². The number of carbonyl (C=O) groups is 1. The van der Waals surface area contributed by atoms with E-state index in [9.17, 15) is 4.79 Å². The number of rotatable bonds is 6. The lowest BCUT2D eigenvalue weighted by Gasteiger charge is -2.36. The van der Waals surface area contributed by atoms with Gasteiger partial charge in [0.2, 0.25) is 0 Å². The summed E-state index contributed by atoms with van der Waals surface area (Å²) in [5.41, 5.74) is 4.48. The average Bonchev–Trinajstić information content (AvgIpc) is 2.81. The molecular formula is C26H27BrClN3O2. The Morgan fingerprint density at radius 3 is 2.42 bits per heavy atom. The molecule has 1 amide bonds. The Morgan fingerprint density at radius 2 is 1.76 bits per heavy atom. The monoisotopic (exact) mass is 527 g/mol. The number of hydrogen-bond acceptors (Lipinski definition) is 4. The Kier molecular flexibility index (Phi) is 7.58. The Hall–Kier alpha value is -2.54. The van der Waals surface area contributed by atoms with Crippen LogP contribution in [-0.4, -0.2) is 44.1 Å². The van der Waals surface area contributed by atoms with Crippen LogP contribution in [0.1, 0.15) is 21.5 Å². The standard InChI is InChI=1S/C26H27BrClN3O2/c1-18-15-20(27)16-23(25(18)33-2)26(32)29-21-7-9-22(10-8-21)31-13-11-30(12-14-31)17-19-5-3-4-6-24(19)28/h3-10,15-16H,11-14,17H2,1-2H3,(H,29,32). The van der Waals surface area contributed by atoms with E-state index in [0.717, 1.165) is 59.2 Å². The van der Waals surface area contributed by atoms with Crippen LogP contribution in [0.15, 0.2) is 65.1 Å². The van der Waals surface area contributed by atoms with Gasteiger partial charge in [-0.05, 0) is 60.5 Å². The van der Waals surface area contributed by atoms with E-state index in [1.807, 2.05) is 43.3 Å². The molecule has 1 heterocycles. The van der Waals surface area contributed by atoms with Crippen LogP contribution >= 0.6 is 27.5 Å². The molecule has 4 rings (SSSR count). The van der Waals surface area contributed by atoms with E-state index in [2.05, 4.69) is 49.2 Å². The first-order chi connectivity index (χ1) is 15.9. The maximum Gasteiger partial charge on any atom is 0.259 e. The Bertz CT molecular complexity index is 1130. The lowest BCUT2D eigenvalue weighted by Crippen LogP contribution is -2.46. The normalized spacial score (nSPS) is 14.2. The maximum atomic E-state index is 12.9. The first kappa shape index (κ1) is 23.6. The van der Waals surface area contributed by atoms with Crippen molar-refractivity contribution in [3.63, 3.8) is 0 Å². The van der Waals surface area contributed by atoms with Gasteiger partial charge >= 0.3 is 0 Å². The van der Waals surface area contributed by atoms with Crippen LogP contribution in [-0.2, 0) is 6.54 Å². The quantitative estimate of drug-likeness (QED) is 0.427. The number of benzene rings is 3. The van der Waals surface area contributed by atoms with E-state index < -0.39 is 0 Å². The third-order valence-corrected chi connectivity index (χ3v) is 6.73. The SMILES string of the molecule is COc1c(C)cc(Br)cc1C(=O)Nc1ccc(N2CCN(Cc3ccccc3Cl)CC2)cc1. The van der Waals surface area contributed by atoms with Gasteiger partial charge in [0, 0.05) is 53.6 Å². The first-order valence-electron chi connectivity index (χ1n) is 10.9. The van der Waals surface area contributed by atoms with Gasteiger partial charge in [-0.25, -0.2) is 0 Å². The fraction of sp³-hybridized carbons (Fsp3) is 0.269. The molecule has 1 fully saturated rings. The highest BCUT2D eigenvalue weighted by Crippen LogP contribution is 2.29. The number of amides is 1. The van der Waals surface area contributed by atoms with Crippen molar-refractivity contribution in [3.8, 4) is 5.75 Å². The van der Waals surface area contributed by atoms with Crippen molar-refractivity contribution in [2.75, 3.05) is 43.5 Å². The molecule has 0 bridgehead atoms. The minimum absolute atomic E-state index is 0.197. The highest BCUT2D eigenvalue weighted by atomic mass is 79.9. The van der Waals surface area contributed by atoms with Gasteiger partial charge in [0.1, 0.15) is 5.75 Å². The van der Waals surface area contributed by atoms with Crippen molar-refractivity contribution in [2.24, 2.45) is 0 Å². The summed E-state index contributed by atoms with van der Waals surface area (Å²) in [6.45, 7) is 6.65. The van der Waals surface area contributed by atoms with E-state index in [1.165, 1.54) is 5.56 Å². The molecule has 1 aliphatic heterocycles. The van der Waals surface area contributed by atoms with Gasteiger partial charge in [0.25, 0.3) is 5.91 Å². The molecule has 3 aromatic carbocycles. The second kappa shape index (κ2) is 10.6. The van der Waals surface area contributed by atoms with Gasteiger partial charge in [-0.15, -0.1) is 0 Å². The summed E-state index contributed by atoms with van der Waals surface area (Å²) in [4.78, 5) is 17.7. The minimum Gasteiger partial charge on any atom is -0.496 e. The highest BCUT2D eigenvalue weighted by Gasteiger charge is 2.19. The number of nitrogens with zero attached hydrogens (tertiary/aromatic N) is 2. The lowest BCUT2D eigenvalue weighted by molar-refractivity contribution is 0.102. The Balaban J connectivity index is 1.36. The molecule has 0 aromatic heterocycles. The number of piperazine rings is 1. The zero-order valence-corrected chi connectivity index (χ0v) is 21.1. The average molecular weight is 529 g/mol. The predicted molar refractivity (Wildman–Crippen MR) is 139 cm³/mol. The minimum atomic E-state index is -0.197. The number of anilines is 2. The zero-order valence-electron chi connectivity index (χ0n) is 18.8. The van der Waals surface area contributed by atoms with Crippen molar-refractivity contribution in [1.29, 1.82) is 0 Å². The van der Waals surface area contributed by atoms with Gasteiger partial charge in [-0.2, -0.15) is 0 Å². The van der Waals surface area contributed by atoms with Crippen molar-refractivity contribution < 1.29 is 9.53 Å². The lowest BCUT2D eigenvalue weighted by atomic mass is 10.1. The van der Waals surface area contributed by atoms with Crippen LogP contribution in [0.3, 0.4) is 0 Å². The fourth-order valence-corrected chi connectivity index (χ4v) is 4.92. The van der Waals surface area contributed by atoms with Gasteiger partial charge < -0.3 is 15.0 Å². The molecule has 0 atom stereocenters. The van der Waals surface area contributed by atoms with Crippen molar-refractivity contribution in [2.45, 2.75) is 13.5 Å². The molecule has 5 nitrogen and oxygen atoms in total. The molecule has 1 N–H and O–H groups in total. The molecule has 0 radical (unpaired) electrons.